The Kier molecular flexibility index (Phi) is 7.96. The zero-order valence-electron chi connectivity index (χ0n) is 17.4. The minimum Gasteiger partial charge on any atom is -0.480 e. The Morgan fingerprint density at radius 3 is 2.40 bits per heavy atom. The summed E-state index contributed by atoms with van der Waals surface area (Å²) in [5.41, 5.74) is 7.36. The smallest absolute Gasteiger partial charge is 0.326 e. The SMILES string of the molecule is CCC(C)C(NC(=O)C(Cc1c[nH]c2ccccc12)NC(=O)C(N)C(C)O)C(=O)O. The third-order valence-electron chi connectivity index (χ3n) is 5.33. The topological polar surface area (TPSA) is 158 Å². The lowest BCUT2D eigenvalue weighted by molar-refractivity contribution is -0.143. The van der Waals surface area contributed by atoms with Crippen molar-refractivity contribution >= 4 is 28.7 Å². The van der Waals surface area contributed by atoms with Crippen LogP contribution in [-0.2, 0) is 20.8 Å². The van der Waals surface area contributed by atoms with Gasteiger partial charge in [-0.1, -0.05) is 38.5 Å². The van der Waals surface area contributed by atoms with E-state index in [1.165, 1.54) is 6.92 Å². The van der Waals surface area contributed by atoms with E-state index in [0.717, 1.165) is 16.5 Å². The summed E-state index contributed by atoms with van der Waals surface area (Å²) in [5.74, 6) is -2.76. The Morgan fingerprint density at radius 1 is 1.13 bits per heavy atom. The Morgan fingerprint density at radius 2 is 1.80 bits per heavy atom. The molecule has 0 aliphatic heterocycles. The normalized spacial score (nSPS) is 16.3. The summed E-state index contributed by atoms with van der Waals surface area (Å²) in [6.45, 7) is 4.94. The molecule has 5 unspecified atom stereocenters. The summed E-state index contributed by atoms with van der Waals surface area (Å²) in [5, 5.41) is 25.1. The average molecular weight is 418 g/mol. The number of carbonyl (C=O) groups excluding carboxylic acids is 2. The molecule has 1 aromatic heterocycles. The van der Waals surface area contributed by atoms with Gasteiger partial charge in [0.05, 0.1) is 6.10 Å². The van der Waals surface area contributed by atoms with Crippen molar-refractivity contribution in [1.82, 2.24) is 15.6 Å². The molecule has 7 N–H and O–H groups in total. The first-order valence-electron chi connectivity index (χ1n) is 9.97. The lowest BCUT2D eigenvalue weighted by Gasteiger charge is -2.25. The van der Waals surface area contributed by atoms with Crippen LogP contribution < -0.4 is 16.4 Å². The van der Waals surface area contributed by atoms with E-state index in [9.17, 15) is 24.6 Å². The molecule has 0 spiro atoms. The van der Waals surface area contributed by atoms with Crippen molar-refractivity contribution in [3.05, 3.63) is 36.0 Å². The molecule has 0 saturated carbocycles. The summed E-state index contributed by atoms with van der Waals surface area (Å²) in [7, 11) is 0. The highest BCUT2D eigenvalue weighted by Gasteiger charge is 2.31. The number of para-hydroxylation sites is 1. The molecule has 9 nitrogen and oxygen atoms in total. The molecule has 0 radical (unpaired) electrons. The fourth-order valence-electron chi connectivity index (χ4n) is 3.15. The first-order chi connectivity index (χ1) is 14.1. The molecule has 1 heterocycles. The predicted molar refractivity (Wildman–Crippen MR) is 113 cm³/mol. The highest BCUT2D eigenvalue weighted by molar-refractivity contribution is 5.93. The van der Waals surface area contributed by atoms with Crippen molar-refractivity contribution in [2.75, 3.05) is 0 Å². The minimum absolute atomic E-state index is 0.126. The number of hydrogen-bond acceptors (Lipinski definition) is 5. The molecule has 5 atom stereocenters. The number of nitrogens with one attached hydrogen (secondary N) is 3. The molecule has 164 valence electrons. The van der Waals surface area contributed by atoms with E-state index >= 15 is 0 Å². The summed E-state index contributed by atoms with van der Waals surface area (Å²) < 4.78 is 0. The highest BCUT2D eigenvalue weighted by atomic mass is 16.4. The van der Waals surface area contributed by atoms with Gasteiger partial charge in [-0.05, 0) is 24.5 Å². The lowest BCUT2D eigenvalue weighted by atomic mass is 9.98. The molecule has 2 aromatic rings. The van der Waals surface area contributed by atoms with Gasteiger partial charge in [-0.25, -0.2) is 4.79 Å². The Bertz CT molecular complexity index is 894. The largest absolute Gasteiger partial charge is 0.480 e. The van der Waals surface area contributed by atoms with Crippen LogP contribution >= 0.6 is 0 Å². The number of hydrogen-bond donors (Lipinski definition) is 6. The number of carboxylic acids is 1. The van der Waals surface area contributed by atoms with Gasteiger partial charge in [0, 0.05) is 23.5 Å². The third kappa shape index (κ3) is 5.58. The van der Waals surface area contributed by atoms with Crippen molar-refractivity contribution in [1.29, 1.82) is 0 Å². The maximum Gasteiger partial charge on any atom is 0.326 e. The predicted octanol–water partition coefficient (Wildman–Crippen LogP) is 0.519. The second kappa shape index (κ2) is 10.2. The number of aliphatic carboxylic acids is 1. The van der Waals surface area contributed by atoms with E-state index in [2.05, 4.69) is 15.6 Å². The molecule has 0 aliphatic rings. The van der Waals surface area contributed by atoms with Crippen LogP contribution in [0.15, 0.2) is 30.5 Å². The first-order valence-corrected chi connectivity index (χ1v) is 9.97. The molecule has 9 heteroatoms. The van der Waals surface area contributed by atoms with Crippen molar-refractivity contribution in [2.24, 2.45) is 11.7 Å². The lowest BCUT2D eigenvalue weighted by Crippen LogP contribution is -2.57. The van der Waals surface area contributed by atoms with E-state index in [1.807, 2.05) is 31.2 Å². The zero-order chi connectivity index (χ0) is 22.4. The number of aromatic nitrogens is 1. The number of fused-ring (bicyclic) bond motifs is 1. The zero-order valence-corrected chi connectivity index (χ0v) is 17.4. The van der Waals surface area contributed by atoms with Gasteiger partial charge in [0.25, 0.3) is 0 Å². The van der Waals surface area contributed by atoms with E-state index in [4.69, 9.17) is 5.73 Å². The molecule has 0 fully saturated rings. The Balaban J connectivity index is 2.29. The first kappa shape index (κ1) is 23.4. The molecule has 0 bridgehead atoms. The van der Waals surface area contributed by atoms with Gasteiger partial charge >= 0.3 is 5.97 Å². The molecule has 2 amide bonds. The third-order valence-corrected chi connectivity index (χ3v) is 5.33. The van der Waals surface area contributed by atoms with Gasteiger partial charge in [0.2, 0.25) is 11.8 Å². The van der Waals surface area contributed by atoms with Crippen LogP contribution in [-0.4, -0.2) is 57.2 Å². The standard InChI is InChI=1S/C21H30N4O5/c1-4-11(2)18(21(29)30)25-19(27)16(24-20(28)17(22)12(3)26)9-13-10-23-15-8-6-5-7-14(13)15/h5-8,10-12,16-18,23,26H,4,9,22H2,1-3H3,(H,24,28)(H,25,27)(H,29,30). The Hall–Kier alpha value is -2.91. The summed E-state index contributed by atoms with van der Waals surface area (Å²) in [4.78, 5) is 40.1. The fourth-order valence-corrected chi connectivity index (χ4v) is 3.15. The molecule has 0 aliphatic carbocycles. The van der Waals surface area contributed by atoms with Crippen molar-refractivity contribution in [3.8, 4) is 0 Å². The van der Waals surface area contributed by atoms with Gasteiger partial charge in [-0.3, -0.25) is 9.59 Å². The number of rotatable bonds is 10. The highest BCUT2D eigenvalue weighted by Crippen LogP contribution is 2.19. The monoisotopic (exact) mass is 418 g/mol. The minimum atomic E-state index is -1.21. The summed E-state index contributed by atoms with van der Waals surface area (Å²) in [6, 6.07) is 4.15. The number of carbonyl (C=O) groups is 3. The molecule has 1 aromatic carbocycles. The number of H-pyrrole nitrogens is 1. The molecule has 30 heavy (non-hydrogen) atoms. The van der Waals surface area contributed by atoms with Crippen LogP contribution in [0.3, 0.4) is 0 Å². The van der Waals surface area contributed by atoms with Crippen molar-refractivity contribution < 1.29 is 24.6 Å². The van der Waals surface area contributed by atoms with Gasteiger partial charge in [0.15, 0.2) is 0 Å². The summed E-state index contributed by atoms with van der Waals surface area (Å²) >= 11 is 0. The Labute approximate surface area is 175 Å². The number of amides is 2. The number of aliphatic hydroxyl groups is 1. The fraction of sp³-hybridized carbons (Fsp3) is 0.476. The molecular formula is C21H30N4O5. The van der Waals surface area contributed by atoms with E-state index in [1.54, 1.807) is 13.1 Å². The number of carboxylic acid groups (broad SMARTS) is 1. The van der Waals surface area contributed by atoms with Crippen LogP contribution in [0.5, 0.6) is 0 Å². The molecule has 2 rings (SSSR count). The van der Waals surface area contributed by atoms with Crippen LogP contribution in [0.25, 0.3) is 10.9 Å². The molecular weight excluding hydrogens is 388 g/mol. The van der Waals surface area contributed by atoms with Gasteiger partial charge < -0.3 is 31.6 Å². The summed E-state index contributed by atoms with van der Waals surface area (Å²) in [6.07, 6.45) is 1.33. The van der Waals surface area contributed by atoms with E-state index < -0.39 is 42.0 Å². The molecule has 0 saturated heterocycles. The maximum absolute atomic E-state index is 13.0. The second-order valence-corrected chi connectivity index (χ2v) is 7.60. The van der Waals surface area contributed by atoms with Crippen molar-refractivity contribution in [3.63, 3.8) is 0 Å². The van der Waals surface area contributed by atoms with Crippen LogP contribution in [0.2, 0.25) is 0 Å². The number of aliphatic hydroxyl groups excluding tert-OH is 1. The second-order valence-electron chi connectivity index (χ2n) is 7.60. The van der Waals surface area contributed by atoms with Gasteiger partial charge in [0.1, 0.15) is 18.1 Å². The van der Waals surface area contributed by atoms with Gasteiger partial charge in [-0.2, -0.15) is 0 Å². The quantitative estimate of drug-likeness (QED) is 0.330. The maximum atomic E-state index is 13.0. The van der Waals surface area contributed by atoms with Crippen LogP contribution in [0.1, 0.15) is 32.8 Å². The van der Waals surface area contributed by atoms with E-state index in [0.29, 0.717) is 6.42 Å². The number of nitrogens with two attached hydrogens (primary N) is 1. The van der Waals surface area contributed by atoms with Crippen LogP contribution in [0.4, 0.5) is 0 Å². The average Bonchev–Trinajstić information content (AvgIpc) is 3.12. The number of aromatic amines is 1. The van der Waals surface area contributed by atoms with Crippen LogP contribution in [0, 0.1) is 5.92 Å². The van der Waals surface area contributed by atoms with E-state index in [-0.39, 0.29) is 12.3 Å². The van der Waals surface area contributed by atoms with Gasteiger partial charge in [-0.15, -0.1) is 0 Å². The number of benzene rings is 1. The van der Waals surface area contributed by atoms with Crippen molar-refractivity contribution in [2.45, 2.75) is 57.8 Å².